The third-order valence-electron chi connectivity index (χ3n) is 4.51. The van der Waals surface area contributed by atoms with Gasteiger partial charge in [0.25, 0.3) is 0 Å². The second-order valence-corrected chi connectivity index (χ2v) is 10.5. The Morgan fingerprint density at radius 2 is 1.58 bits per heavy atom. The summed E-state index contributed by atoms with van der Waals surface area (Å²) in [6.45, 7) is 9.86. The van der Waals surface area contributed by atoms with E-state index in [-0.39, 0.29) is 7.12 Å². The molecule has 19 heavy (non-hydrogen) atoms. The van der Waals surface area contributed by atoms with E-state index < -0.39 is 8.07 Å². The lowest BCUT2D eigenvalue weighted by Crippen LogP contribution is -2.29. The molecule has 2 rings (SSSR count). The van der Waals surface area contributed by atoms with E-state index in [2.05, 4.69) is 32.4 Å². The maximum Gasteiger partial charge on any atom is 0.486 e. The van der Waals surface area contributed by atoms with E-state index in [9.17, 15) is 0 Å². The molecule has 0 aliphatic carbocycles. The third-order valence-corrected chi connectivity index (χ3v) is 9.69. The fourth-order valence-corrected chi connectivity index (χ4v) is 5.93. The zero-order valence-electron chi connectivity index (χ0n) is 12.4. The van der Waals surface area contributed by atoms with Gasteiger partial charge in [-0.2, -0.15) is 0 Å². The fourth-order valence-electron chi connectivity index (χ4n) is 2.81. The number of rotatable bonds is 5. The van der Waals surface area contributed by atoms with Gasteiger partial charge in [-0.05, 0) is 17.1 Å². The van der Waals surface area contributed by atoms with Crippen LogP contribution in [0.1, 0.15) is 20.8 Å². The minimum absolute atomic E-state index is 0.166. The predicted molar refractivity (Wildman–Crippen MR) is 81.8 cm³/mol. The van der Waals surface area contributed by atoms with Crippen LogP contribution < -0.4 is 0 Å². The van der Waals surface area contributed by atoms with Crippen LogP contribution in [0.3, 0.4) is 0 Å². The SMILES string of the molecule is CC[Si](C=C1COCC1=CB1OCCO1)(CC)CC. The summed E-state index contributed by atoms with van der Waals surface area (Å²) in [6, 6.07) is 3.94. The molecule has 0 N–H and O–H groups in total. The zero-order valence-corrected chi connectivity index (χ0v) is 13.4. The highest BCUT2D eigenvalue weighted by atomic mass is 28.3. The molecule has 2 saturated heterocycles. The van der Waals surface area contributed by atoms with Crippen LogP contribution in [0.5, 0.6) is 0 Å². The third kappa shape index (κ3) is 3.60. The molecule has 0 amide bonds. The molecule has 0 saturated carbocycles. The van der Waals surface area contributed by atoms with Gasteiger partial charge in [-0.1, -0.05) is 44.6 Å². The first-order chi connectivity index (χ1) is 9.23. The Morgan fingerprint density at radius 1 is 1.00 bits per heavy atom. The normalized spacial score (nSPS) is 24.9. The largest absolute Gasteiger partial charge is 0.486 e. The van der Waals surface area contributed by atoms with Crippen LogP contribution in [0.2, 0.25) is 18.1 Å². The Labute approximate surface area is 118 Å². The summed E-state index contributed by atoms with van der Waals surface area (Å²) in [5.74, 6) is 2.10. The second kappa shape index (κ2) is 6.88. The Bertz CT molecular complexity index is 349. The van der Waals surface area contributed by atoms with Crippen LogP contribution in [-0.4, -0.2) is 41.6 Å². The monoisotopic (exact) mass is 280 g/mol. The van der Waals surface area contributed by atoms with Gasteiger partial charge in [-0.3, -0.25) is 0 Å². The van der Waals surface area contributed by atoms with E-state index in [0.29, 0.717) is 19.8 Å². The van der Waals surface area contributed by atoms with Gasteiger partial charge in [0.2, 0.25) is 0 Å². The van der Waals surface area contributed by atoms with Crippen LogP contribution in [0.15, 0.2) is 22.8 Å². The molecular formula is C14H25BO3Si. The topological polar surface area (TPSA) is 27.7 Å². The minimum Gasteiger partial charge on any atom is -0.405 e. The average Bonchev–Trinajstić information content (AvgIpc) is 3.09. The molecule has 0 bridgehead atoms. The van der Waals surface area contributed by atoms with Gasteiger partial charge < -0.3 is 14.0 Å². The van der Waals surface area contributed by atoms with Gasteiger partial charge in [0, 0.05) is 0 Å². The smallest absolute Gasteiger partial charge is 0.405 e. The lowest BCUT2D eigenvalue weighted by molar-refractivity contribution is 0.215. The van der Waals surface area contributed by atoms with Gasteiger partial charge in [-0.15, -0.1) is 0 Å². The van der Waals surface area contributed by atoms with Crippen molar-refractivity contribution in [1.29, 1.82) is 0 Å². The minimum atomic E-state index is -1.24. The molecule has 0 atom stereocenters. The molecule has 0 aromatic carbocycles. The van der Waals surface area contributed by atoms with Crippen molar-refractivity contribution in [1.82, 2.24) is 0 Å². The summed E-state index contributed by atoms with van der Waals surface area (Å²) in [5.41, 5.74) is 5.23. The Hall–Kier alpha value is -0.358. The van der Waals surface area contributed by atoms with E-state index in [1.54, 1.807) is 0 Å². The molecule has 2 fully saturated rings. The van der Waals surface area contributed by atoms with Crippen LogP contribution in [-0.2, 0) is 14.0 Å². The van der Waals surface area contributed by atoms with E-state index in [4.69, 9.17) is 14.0 Å². The van der Waals surface area contributed by atoms with Crippen molar-refractivity contribution < 1.29 is 14.0 Å². The first-order valence-corrected chi connectivity index (χ1v) is 10.2. The van der Waals surface area contributed by atoms with E-state index in [0.717, 1.165) is 6.61 Å². The molecule has 0 aromatic rings. The Kier molecular flexibility index (Phi) is 5.45. The average molecular weight is 280 g/mol. The molecule has 2 heterocycles. The molecule has 2 aliphatic heterocycles. The molecule has 5 heteroatoms. The summed E-state index contributed by atoms with van der Waals surface area (Å²) in [5, 5.41) is 0. The van der Waals surface area contributed by atoms with Gasteiger partial charge in [-0.25, -0.2) is 0 Å². The van der Waals surface area contributed by atoms with Gasteiger partial charge >= 0.3 is 7.12 Å². The molecule has 106 valence electrons. The summed E-state index contributed by atoms with van der Waals surface area (Å²) < 4.78 is 16.6. The fraction of sp³-hybridized carbons (Fsp3) is 0.714. The number of hydrogen-bond donors (Lipinski definition) is 0. The molecule has 0 radical (unpaired) electrons. The lowest BCUT2D eigenvalue weighted by atomic mass is 9.86. The summed E-state index contributed by atoms with van der Waals surface area (Å²) in [4.78, 5) is 0. The van der Waals surface area contributed by atoms with Crippen LogP contribution in [0.25, 0.3) is 0 Å². The highest BCUT2D eigenvalue weighted by Gasteiger charge is 2.29. The standard InChI is InChI=1S/C14H25BO3Si/c1-4-19(5-2,6-3)12-14-11-16-10-13(14)9-15-17-7-8-18-15/h9,12H,4-8,10-11H2,1-3H3. The molecule has 0 spiro atoms. The predicted octanol–water partition coefficient (Wildman–Crippen LogP) is 2.99. The van der Waals surface area contributed by atoms with E-state index in [1.807, 2.05) is 0 Å². The van der Waals surface area contributed by atoms with Gasteiger partial charge in [0.15, 0.2) is 0 Å². The Morgan fingerprint density at radius 3 is 2.16 bits per heavy atom. The number of ether oxygens (including phenoxy) is 1. The van der Waals surface area contributed by atoms with Crippen molar-refractivity contribution in [3.05, 3.63) is 22.8 Å². The maximum absolute atomic E-state index is 5.63. The van der Waals surface area contributed by atoms with E-state index in [1.165, 1.54) is 29.3 Å². The highest BCUT2D eigenvalue weighted by molar-refractivity contribution is 6.84. The van der Waals surface area contributed by atoms with Crippen LogP contribution >= 0.6 is 0 Å². The quantitative estimate of drug-likeness (QED) is 0.725. The van der Waals surface area contributed by atoms with Crippen molar-refractivity contribution in [3.63, 3.8) is 0 Å². The zero-order chi connectivity index (χ0) is 13.7. The first-order valence-electron chi connectivity index (χ1n) is 7.46. The first kappa shape index (κ1) is 15.0. The van der Waals surface area contributed by atoms with E-state index >= 15 is 0 Å². The molecule has 2 aliphatic rings. The molecular weight excluding hydrogens is 255 g/mol. The van der Waals surface area contributed by atoms with Crippen molar-refractivity contribution in [3.8, 4) is 0 Å². The molecule has 3 nitrogen and oxygen atoms in total. The highest BCUT2D eigenvalue weighted by Crippen LogP contribution is 2.28. The second-order valence-electron chi connectivity index (χ2n) is 5.39. The van der Waals surface area contributed by atoms with Crippen LogP contribution in [0, 0.1) is 0 Å². The van der Waals surface area contributed by atoms with Gasteiger partial charge in [0.05, 0.1) is 34.5 Å². The van der Waals surface area contributed by atoms with Gasteiger partial charge in [0.1, 0.15) is 0 Å². The summed E-state index contributed by atoms with van der Waals surface area (Å²) >= 11 is 0. The van der Waals surface area contributed by atoms with Crippen molar-refractivity contribution in [2.24, 2.45) is 0 Å². The maximum atomic E-state index is 5.63. The van der Waals surface area contributed by atoms with Crippen molar-refractivity contribution >= 4 is 15.2 Å². The van der Waals surface area contributed by atoms with Crippen LogP contribution in [0.4, 0.5) is 0 Å². The van der Waals surface area contributed by atoms with Crippen molar-refractivity contribution in [2.75, 3.05) is 26.4 Å². The summed E-state index contributed by atoms with van der Waals surface area (Å²) in [7, 11) is -1.41. The lowest BCUT2D eigenvalue weighted by Gasteiger charge is -2.24. The van der Waals surface area contributed by atoms with Crippen molar-refractivity contribution in [2.45, 2.75) is 38.9 Å². The summed E-state index contributed by atoms with van der Waals surface area (Å²) in [6.07, 6.45) is 0. The number of hydrogen-bond acceptors (Lipinski definition) is 3. The molecule has 0 aromatic heterocycles. The Balaban J connectivity index is 2.17. The molecule has 0 unspecified atom stereocenters.